The van der Waals surface area contributed by atoms with E-state index in [-0.39, 0.29) is 17.9 Å². The van der Waals surface area contributed by atoms with Crippen LogP contribution in [0, 0.1) is 5.92 Å². The molecule has 0 aromatic carbocycles. The molecule has 1 fully saturated rings. The number of hydrogen-bond acceptors (Lipinski definition) is 5. The molecule has 7 heteroatoms. The molecule has 92 valence electrons. The van der Waals surface area contributed by atoms with E-state index in [1.807, 2.05) is 6.92 Å². The number of aliphatic carboxylic acids is 1. The number of carboxylic acids is 1. The van der Waals surface area contributed by atoms with Crippen LogP contribution in [0.4, 0.5) is 0 Å². The fourth-order valence-electron chi connectivity index (χ4n) is 1.52. The zero-order valence-electron chi connectivity index (χ0n) is 9.06. The smallest absolute Gasteiger partial charge is 0.332 e. The van der Waals surface area contributed by atoms with Crippen LogP contribution in [0.2, 0.25) is 0 Å². The third kappa shape index (κ3) is 3.76. The number of carboxylic acid groups (broad SMARTS) is 1. The van der Waals surface area contributed by atoms with Gasteiger partial charge in [-0.1, -0.05) is 6.92 Å². The fraction of sp³-hybridized carbons (Fsp3) is 0.778. The lowest BCUT2D eigenvalue weighted by atomic mass is 10.0. The Morgan fingerprint density at radius 1 is 1.50 bits per heavy atom. The van der Waals surface area contributed by atoms with Gasteiger partial charge in [0.1, 0.15) is 0 Å². The summed E-state index contributed by atoms with van der Waals surface area (Å²) in [5.74, 6) is -1.83. The molecule has 0 radical (unpaired) electrons. The van der Waals surface area contributed by atoms with Gasteiger partial charge in [-0.2, -0.15) is 0 Å². The summed E-state index contributed by atoms with van der Waals surface area (Å²) in [6.07, 6.45) is 0. The number of likely N-dealkylation sites (N-methyl/N-ethyl adjacent to an activating group) is 1. The molecule has 0 aromatic rings. The van der Waals surface area contributed by atoms with Crippen LogP contribution in [0.5, 0.6) is 0 Å². The summed E-state index contributed by atoms with van der Waals surface area (Å²) >= 11 is 0. The van der Waals surface area contributed by atoms with Crippen LogP contribution in [-0.4, -0.2) is 49.4 Å². The average Bonchev–Trinajstić information content (AvgIpc) is 2.66. The van der Waals surface area contributed by atoms with Gasteiger partial charge in [-0.15, -0.1) is 0 Å². The summed E-state index contributed by atoms with van der Waals surface area (Å²) in [5.41, 5.74) is 2.10. The number of ether oxygens (including phenoxy) is 1. The lowest BCUT2D eigenvalue weighted by molar-refractivity contribution is -0.150. The van der Waals surface area contributed by atoms with E-state index < -0.39 is 12.6 Å². The Labute approximate surface area is 93.1 Å². The van der Waals surface area contributed by atoms with Crippen molar-refractivity contribution in [2.24, 2.45) is 5.92 Å². The molecule has 2 atom stereocenters. The van der Waals surface area contributed by atoms with Gasteiger partial charge >= 0.3 is 5.97 Å². The van der Waals surface area contributed by atoms with Gasteiger partial charge in [-0.25, -0.2) is 10.3 Å². The van der Waals surface area contributed by atoms with E-state index in [2.05, 4.69) is 15.6 Å². The molecule has 7 nitrogen and oxygen atoms in total. The van der Waals surface area contributed by atoms with Crippen molar-refractivity contribution in [1.82, 2.24) is 10.8 Å². The Hall–Kier alpha value is -1.18. The molecular weight excluding hydrogens is 216 g/mol. The van der Waals surface area contributed by atoms with E-state index in [0.29, 0.717) is 13.2 Å². The molecule has 3 N–H and O–H groups in total. The third-order valence-electron chi connectivity index (χ3n) is 2.25. The Morgan fingerprint density at radius 3 is 2.88 bits per heavy atom. The Bertz CT molecular complexity index is 258. The van der Waals surface area contributed by atoms with Crippen LogP contribution >= 0.6 is 0 Å². The highest BCUT2D eigenvalue weighted by atomic mass is 16.7. The first-order valence-corrected chi connectivity index (χ1v) is 5.09. The highest BCUT2D eigenvalue weighted by Crippen LogP contribution is 2.13. The minimum absolute atomic E-state index is 0.0431. The normalized spacial score (nSPS) is 24.3. The lowest BCUT2D eigenvalue weighted by Crippen LogP contribution is -2.44. The van der Waals surface area contributed by atoms with E-state index in [9.17, 15) is 9.59 Å². The van der Waals surface area contributed by atoms with Crippen LogP contribution < -0.4 is 10.8 Å². The number of nitrogens with one attached hydrogen (secondary N) is 2. The third-order valence-corrected chi connectivity index (χ3v) is 2.25. The van der Waals surface area contributed by atoms with Gasteiger partial charge in [0.15, 0.2) is 6.61 Å². The van der Waals surface area contributed by atoms with E-state index in [4.69, 9.17) is 9.84 Å². The maximum absolute atomic E-state index is 11.6. The van der Waals surface area contributed by atoms with Crippen LogP contribution in [0.3, 0.4) is 0 Å². The van der Waals surface area contributed by atoms with Gasteiger partial charge in [0, 0.05) is 6.04 Å². The van der Waals surface area contributed by atoms with Crippen molar-refractivity contribution < 1.29 is 24.3 Å². The van der Waals surface area contributed by atoms with Gasteiger partial charge in [0.2, 0.25) is 0 Å². The number of hydroxylamine groups is 1. The predicted octanol–water partition coefficient (Wildman–Crippen LogP) is -1.26. The number of rotatable bonds is 6. The van der Waals surface area contributed by atoms with E-state index >= 15 is 0 Å². The largest absolute Gasteiger partial charge is 0.479 e. The molecule has 1 aliphatic rings. The number of hydrogen-bond donors (Lipinski definition) is 3. The molecule has 1 saturated heterocycles. The van der Waals surface area contributed by atoms with E-state index in [0.717, 1.165) is 6.54 Å². The SMILES string of the molecule is CCNC1COCC1C(=O)NOCC(=O)O. The average molecular weight is 232 g/mol. The molecule has 0 spiro atoms. The zero-order valence-corrected chi connectivity index (χ0v) is 9.06. The topological polar surface area (TPSA) is 96.9 Å². The summed E-state index contributed by atoms with van der Waals surface area (Å²) in [6.45, 7) is 2.93. The van der Waals surface area contributed by atoms with Crippen LogP contribution in [0.15, 0.2) is 0 Å². The van der Waals surface area contributed by atoms with Crippen molar-refractivity contribution in [3.8, 4) is 0 Å². The van der Waals surface area contributed by atoms with Gasteiger partial charge in [0.25, 0.3) is 5.91 Å². The van der Waals surface area contributed by atoms with Crippen molar-refractivity contribution in [2.45, 2.75) is 13.0 Å². The lowest BCUT2D eigenvalue weighted by Gasteiger charge is -2.17. The summed E-state index contributed by atoms with van der Waals surface area (Å²) in [6, 6.07) is -0.0431. The molecular formula is C9H16N2O5. The summed E-state index contributed by atoms with van der Waals surface area (Å²) in [4.78, 5) is 26.2. The molecule has 0 bridgehead atoms. The van der Waals surface area contributed by atoms with Crippen molar-refractivity contribution in [1.29, 1.82) is 0 Å². The molecule has 1 aliphatic heterocycles. The van der Waals surface area contributed by atoms with Crippen molar-refractivity contribution in [3.05, 3.63) is 0 Å². The quantitative estimate of drug-likeness (QED) is 0.495. The predicted molar refractivity (Wildman–Crippen MR) is 53.5 cm³/mol. The highest BCUT2D eigenvalue weighted by Gasteiger charge is 2.33. The minimum atomic E-state index is -1.13. The van der Waals surface area contributed by atoms with E-state index in [1.54, 1.807) is 0 Å². The molecule has 2 unspecified atom stereocenters. The zero-order chi connectivity index (χ0) is 12.0. The Kier molecular flexibility index (Phi) is 5.17. The minimum Gasteiger partial charge on any atom is -0.479 e. The monoisotopic (exact) mass is 232 g/mol. The van der Waals surface area contributed by atoms with Gasteiger partial charge in [0.05, 0.1) is 19.1 Å². The van der Waals surface area contributed by atoms with Gasteiger partial charge < -0.3 is 15.2 Å². The second-order valence-electron chi connectivity index (χ2n) is 3.46. The van der Waals surface area contributed by atoms with E-state index in [1.165, 1.54) is 0 Å². The first-order chi connectivity index (χ1) is 7.65. The number of carbonyl (C=O) groups is 2. The molecule has 1 heterocycles. The van der Waals surface area contributed by atoms with Crippen molar-refractivity contribution >= 4 is 11.9 Å². The second kappa shape index (κ2) is 6.41. The first-order valence-electron chi connectivity index (χ1n) is 5.09. The van der Waals surface area contributed by atoms with Crippen LogP contribution in [-0.2, 0) is 19.2 Å². The highest BCUT2D eigenvalue weighted by molar-refractivity contribution is 5.79. The first kappa shape index (κ1) is 12.9. The summed E-state index contributed by atoms with van der Waals surface area (Å²) in [7, 11) is 0. The van der Waals surface area contributed by atoms with Crippen molar-refractivity contribution in [2.75, 3.05) is 26.4 Å². The summed E-state index contributed by atoms with van der Waals surface area (Å²) < 4.78 is 5.18. The maximum atomic E-state index is 11.6. The Morgan fingerprint density at radius 2 is 2.25 bits per heavy atom. The Balaban J connectivity index is 2.31. The molecule has 16 heavy (non-hydrogen) atoms. The molecule has 1 amide bonds. The fourth-order valence-corrected chi connectivity index (χ4v) is 1.52. The number of amides is 1. The molecule has 0 aromatic heterocycles. The molecule has 1 rings (SSSR count). The second-order valence-corrected chi connectivity index (χ2v) is 3.46. The molecule has 0 saturated carbocycles. The van der Waals surface area contributed by atoms with Gasteiger partial charge in [-0.3, -0.25) is 9.63 Å². The standard InChI is InChI=1S/C9H16N2O5/c1-2-10-7-4-15-3-6(7)9(14)11-16-5-8(12)13/h6-7,10H,2-5H2,1H3,(H,11,14)(H,12,13). The summed E-state index contributed by atoms with van der Waals surface area (Å²) in [5, 5.41) is 11.4. The van der Waals surface area contributed by atoms with Crippen LogP contribution in [0.25, 0.3) is 0 Å². The molecule has 0 aliphatic carbocycles. The van der Waals surface area contributed by atoms with Gasteiger partial charge in [-0.05, 0) is 6.54 Å². The van der Waals surface area contributed by atoms with Crippen LogP contribution in [0.1, 0.15) is 6.92 Å². The number of carbonyl (C=O) groups excluding carboxylic acids is 1. The van der Waals surface area contributed by atoms with Crippen molar-refractivity contribution in [3.63, 3.8) is 0 Å². The maximum Gasteiger partial charge on any atom is 0.332 e.